The smallest absolute Gasteiger partial charge is 0.159 e. The van der Waals surface area contributed by atoms with Crippen LogP contribution in [0.4, 0.5) is 5.69 Å². The van der Waals surface area contributed by atoms with Gasteiger partial charge in [-0.1, -0.05) is 24.3 Å². The van der Waals surface area contributed by atoms with Crippen LogP contribution < -0.4 is 4.74 Å². The zero-order chi connectivity index (χ0) is 19.9. The van der Waals surface area contributed by atoms with E-state index in [0.29, 0.717) is 12.4 Å². The highest BCUT2D eigenvalue weighted by atomic mass is 16.5. The third-order valence-corrected chi connectivity index (χ3v) is 4.39. The van der Waals surface area contributed by atoms with Crippen LogP contribution in [0.1, 0.15) is 5.56 Å². The molecule has 0 N–H and O–H groups in total. The van der Waals surface area contributed by atoms with Gasteiger partial charge in [0.15, 0.2) is 5.82 Å². The molecule has 0 fully saturated rings. The minimum atomic E-state index is 0.524. The van der Waals surface area contributed by atoms with Gasteiger partial charge in [0.25, 0.3) is 0 Å². The predicted octanol–water partition coefficient (Wildman–Crippen LogP) is 5.50. The van der Waals surface area contributed by atoms with Crippen LogP contribution in [0.3, 0.4) is 0 Å². The second kappa shape index (κ2) is 8.84. The van der Waals surface area contributed by atoms with Crippen molar-refractivity contribution >= 4 is 5.69 Å². The summed E-state index contributed by atoms with van der Waals surface area (Å²) in [6, 6.07) is 19.4. The van der Waals surface area contributed by atoms with Gasteiger partial charge in [-0.3, -0.25) is 4.98 Å². The van der Waals surface area contributed by atoms with E-state index in [4.69, 9.17) is 4.74 Å². The van der Waals surface area contributed by atoms with Crippen molar-refractivity contribution in [2.24, 2.45) is 10.2 Å². The summed E-state index contributed by atoms with van der Waals surface area (Å²) in [5, 5.41) is 8.56. The summed E-state index contributed by atoms with van der Waals surface area (Å²) in [7, 11) is 1.65. The van der Waals surface area contributed by atoms with Crippen molar-refractivity contribution in [3.63, 3.8) is 0 Å². The molecule has 0 saturated carbocycles. The first-order chi connectivity index (χ1) is 14.3. The van der Waals surface area contributed by atoms with Crippen LogP contribution in [0.25, 0.3) is 22.5 Å². The highest BCUT2D eigenvalue weighted by Gasteiger charge is 2.03. The van der Waals surface area contributed by atoms with Gasteiger partial charge in [-0.2, -0.15) is 10.2 Å². The van der Waals surface area contributed by atoms with Crippen molar-refractivity contribution in [2.45, 2.75) is 6.54 Å². The lowest BCUT2D eigenvalue weighted by atomic mass is 10.1. The Balaban J connectivity index is 1.40. The lowest BCUT2D eigenvalue weighted by Crippen LogP contribution is -1.89. The third kappa shape index (κ3) is 4.68. The molecular formula is C23H19N5O. The van der Waals surface area contributed by atoms with E-state index < -0.39 is 0 Å². The van der Waals surface area contributed by atoms with Crippen LogP contribution in [0.5, 0.6) is 5.75 Å². The van der Waals surface area contributed by atoms with Gasteiger partial charge >= 0.3 is 0 Å². The van der Waals surface area contributed by atoms with Gasteiger partial charge in [0, 0.05) is 35.9 Å². The highest BCUT2D eigenvalue weighted by molar-refractivity contribution is 5.65. The minimum absolute atomic E-state index is 0.524. The zero-order valence-corrected chi connectivity index (χ0v) is 15.9. The first kappa shape index (κ1) is 18.4. The Labute approximate surface area is 169 Å². The van der Waals surface area contributed by atoms with Gasteiger partial charge in [-0.05, 0) is 47.5 Å². The van der Waals surface area contributed by atoms with Gasteiger partial charge in [0.2, 0.25) is 0 Å². The predicted molar refractivity (Wildman–Crippen MR) is 112 cm³/mol. The molecule has 142 valence electrons. The summed E-state index contributed by atoms with van der Waals surface area (Å²) in [5.41, 5.74) is 4.80. The number of benzene rings is 2. The van der Waals surface area contributed by atoms with E-state index in [1.165, 1.54) is 0 Å². The quantitative estimate of drug-likeness (QED) is 0.414. The van der Waals surface area contributed by atoms with Gasteiger partial charge in [-0.25, -0.2) is 9.97 Å². The van der Waals surface area contributed by atoms with E-state index in [0.717, 1.165) is 33.7 Å². The maximum absolute atomic E-state index is 5.15. The number of pyridine rings is 1. The molecule has 2 aromatic heterocycles. The topological polar surface area (TPSA) is 72.6 Å². The molecule has 0 aliphatic rings. The third-order valence-electron chi connectivity index (χ3n) is 4.39. The van der Waals surface area contributed by atoms with E-state index in [1.54, 1.807) is 19.5 Å². The number of rotatable bonds is 6. The van der Waals surface area contributed by atoms with Crippen molar-refractivity contribution in [2.75, 3.05) is 7.11 Å². The molecule has 0 bridgehead atoms. The van der Waals surface area contributed by atoms with E-state index in [9.17, 15) is 0 Å². The fourth-order valence-corrected chi connectivity index (χ4v) is 2.78. The Morgan fingerprint density at radius 2 is 1.45 bits per heavy atom. The molecule has 0 aliphatic heterocycles. The molecule has 0 saturated heterocycles. The Hall–Kier alpha value is -3.93. The lowest BCUT2D eigenvalue weighted by Gasteiger charge is -2.03. The SMILES string of the molecule is COc1ccc(CN=Nc2ccc(-c3cnc(-c4ccncc4)nc3)cc2)cc1. The van der Waals surface area contributed by atoms with Crippen LogP contribution in [0.15, 0.2) is 95.7 Å². The monoisotopic (exact) mass is 381 g/mol. The molecule has 0 atom stereocenters. The maximum Gasteiger partial charge on any atom is 0.159 e. The summed E-state index contributed by atoms with van der Waals surface area (Å²) in [6.07, 6.45) is 7.11. The summed E-state index contributed by atoms with van der Waals surface area (Å²) in [6.45, 7) is 0.524. The number of ether oxygens (including phenoxy) is 1. The molecule has 2 heterocycles. The Kier molecular flexibility index (Phi) is 5.62. The number of hydrogen-bond donors (Lipinski definition) is 0. The number of hydrogen-bond acceptors (Lipinski definition) is 6. The average molecular weight is 381 g/mol. The molecule has 0 radical (unpaired) electrons. The fourth-order valence-electron chi connectivity index (χ4n) is 2.78. The van der Waals surface area contributed by atoms with Crippen molar-refractivity contribution < 1.29 is 4.74 Å². The van der Waals surface area contributed by atoms with E-state index in [-0.39, 0.29) is 0 Å². The van der Waals surface area contributed by atoms with Crippen LogP contribution in [-0.4, -0.2) is 22.1 Å². The number of nitrogens with zero attached hydrogens (tertiary/aromatic N) is 5. The molecule has 6 heteroatoms. The van der Waals surface area contributed by atoms with Crippen molar-refractivity contribution in [1.29, 1.82) is 0 Å². The molecule has 2 aromatic carbocycles. The van der Waals surface area contributed by atoms with E-state index in [1.807, 2.05) is 73.1 Å². The number of methoxy groups -OCH3 is 1. The van der Waals surface area contributed by atoms with Crippen molar-refractivity contribution in [1.82, 2.24) is 15.0 Å². The molecular weight excluding hydrogens is 362 g/mol. The normalized spacial score (nSPS) is 10.9. The Bertz CT molecular complexity index is 1080. The zero-order valence-electron chi connectivity index (χ0n) is 15.9. The summed E-state index contributed by atoms with van der Waals surface area (Å²) >= 11 is 0. The molecule has 4 rings (SSSR count). The van der Waals surface area contributed by atoms with Gasteiger partial charge < -0.3 is 4.74 Å². The number of azo groups is 1. The first-order valence-corrected chi connectivity index (χ1v) is 9.15. The summed E-state index contributed by atoms with van der Waals surface area (Å²) in [5.74, 6) is 1.51. The van der Waals surface area contributed by atoms with Gasteiger partial charge in [0.1, 0.15) is 5.75 Å². The van der Waals surface area contributed by atoms with Crippen LogP contribution in [0.2, 0.25) is 0 Å². The summed E-state index contributed by atoms with van der Waals surface area (Å²) in [4.78, 5) is 12.9. The second-order valence-corrected chi connectivity index (χ2v) is 6.33. The van der Waals surface area contributed by atoms with Gasteiger partial charge in [0.05, 0.1) is 19.3 Å². The second-order valence-electron chi connectivity index (χ2n) is 6.33. The van der Waals surface area contributed by atoms with Crippen LogP contribution in [-0.2, 0) is 6.54 Å². The van der Waals surface area contributed by atoms with E-state index in [2.05, 4.69) is 25.2 Å². The molecule has 0 aliphatic carbocycles. The molecule has 29 heavy (non-hydrogen) atoms. The Morgan fingerprint density at radius 3 is 2.10 bits per heavy atom. The average Bonchev–Trinajstić information content (AvgIpc) is 2.81. The van der Waals surface area contributed by atoms with Crippen molar-refractivity contribution in [3.8, 4) is 28.3 Å². The van der Waals surface area contributed by atoms with Gasteiger partial charge in [-0.15, -0.1) is 0 Å². The highest BCUT2D eigenvalue weighted by Crippen LogP contribution is 2.23. The standard InChI is InChI=1S/C23H19N5O/c1-29-22-8-2-17(3-9-22)14-27-28-21-6-4-18(5-7-21)20-15-25-23(26-16-20)19-10-12-24-13-11-19/h2-13,15-16H,14H2,1H3. The van der Waals surface area contributed by atoms with Crippen molar-refractivity contribution in [3.05, 3.63) is 91.0 Å². The van der Waals surface area contributed by atoms with Crippen LogP contribution >= 0.6 is 0 Å². The maximum atomic E-state index is 5.15. The lowest BCUT2D eigenvalue weighted by molar-refractivity contribution is 0.414. The van der Waals surface area contributed by atoms with E-state index >= 15 is 0 Å². The molecule has 0 unspecified atom stereocenters. The molecule has 4 aromatic rings. The molecule has 6 nitrogen and oxygen atoms in total. The molecule has 0 amide bonds. The fraction of sp³-hybridized carbons (Fsp3) is 0.0870. The minimum Gasteiger partial charge on any atom is -0.497 e. The largest absolute Gasteiger partial charge is 0.497 e. The Morgan fingerprint density at radius 1 is 0.759 bits per heavy atom. The first-order valence-electron chi connectivity index (χ1n) is 9.15. The number of aromatic nitrogens is 3. The summed E-state index contributed by atoms with van der Waals surface area (Å²) < 4.78 is 5.15. The molecule has 0 spiro atoms. The van der Waals surface area contributed by atoms with Crippen LogP contribution in [0, 0.1) is 0 Å².